The molecule has 108 valence electrons. The van der Waals surface area contributed by atoms with E-state index in [2.05, 4.69) is 4.74 Å². The number of nitrogens with zero attached hydrogens (tertiary/aromatic N) is 2. The Bertz CT molecular complexity index is 684. The lowest BCUT2D eigenvalue weighted by molar-refractivity contribution is -0.605. The van der Waals surface area contributed by atoms with Crippen LogP contribution in [-0.4, -0.2) is 18.0 Å². The zero-order valence-corrected chi connectivity index (χ0v) is 10.9. The van der Waals surface area contributed by atoms with E-state index in [1.54, 1.807) is 0 Å². The van der Waals surface area contributed by atoms with Gasteiger partial charge in [0, 0.05) is 18.2 Å². The van der Waals surface area contributed by atoms with E-state index < -0.39 is 10.9 Å². The maximum absolute atomic E-state index is 11.4. The number of rotatable bonds is 4. The monoisotopic (exact) mass is 290 g/mol. The second kappa shape index (κ2) is 5.87. The van der Waals surface area contributed by atoms with Gasteiger partial charge in [0.25, 0.3) is 5.69 Å². The highest BCUT2D eigenvalue weighted by Crippen LogP contribution is 2.23. The van der Waals surface area contributed by atoms with Gasteiger partial charge in [-0.25, -0.2) is 4.79 Å². The summed E-state index contributed by atoms with van der Waals surface area (Å²) in [6.07, 6.45) is 2.17. The van der Waals surface area contributed by atoms with Crippen LogP contribution in [-0.2, 0) is 4.74 Å². The summed E-state index contributed by atoms with van der Waals surface area (Å²) in [7, 11) is 1.20. The van der Waals surface area contributed by atoms with Crippen LogP contribution < -0.4 is 9.47 Å². The molecule has 0 aliphatic carbocycles. The Hall–Kier alpha value is -3.16. The topological polar surface area (TPSA) is 106 Å². The largest absolute Gasteiger partial charge is 0.619 e. The molecule has 2 aromatic rings. The van der Waals surface area contributed by atoms with Crippen molar-refractivity contribution in [3.05, 3.63) is 63.6 Å². The van der Waals surface area contributed by atoms with E-state index >= 15 is 0 Å². The third-order valence-electron chi connectivity index (χ3n) is 2.52. The molecule has 0 saturated heterocycles. The van der Waals surface area contributed by atoms with Crippen molar-refractivity contribution in [1.29, 1.82) is 0 Å². The second-order valence-electron chi connectivity index (χ2n) is 3.96. The minimum absolute atomic E-state index is 0.0342. The summed E-state index contributed by atoms with van der Waals surface area (Å²) in [5.41, 5.74) is -0.0449. The molecule has 0 N–H and O–H groups in total. The number of non-ortho nitro benzene ring substituents is 1. The lowest BCUT2D eigenvalue weighted by Crippen LogP contribution is -2.26. The van der Waals surface area contributed by atoms with E-state index in [9.17, 15) is 20.1 Å². The summed E-state index contributed by atoms with van der Waals surface area (Å²) < 4.78 is 10.3. The normalized spacial score (nSPS) is 9.95. The number of carbonyl (C=O) groups excluding carboxylic acids is 1. The van der Waals surface area contributed by atoms with Crippen molar-refractivity contribution in [2.75, 3.05) is 7.11 Å². The molecule has 0 radical (unpaired) electrons. The van der Waals surface area contributed by atoms with E-state index in [1.165, 1.54) is 37.4 Å². The summed E-state index contributed by atoms with van der Waals surface area (Å²) >= 11 is 0. The molecular weight excluding hydrogens is 280 g/mol. The highest BCUT2D eigenvalue weighted by atomic mass is 16.6. The molecule has 0 atom stereocenters. The number of nitro groups is 1. The number of nitro benzene ring substituents is 1. The van der Waals surface area contributed by atoms with Crippen LogP contribution in [0.25, 0.3) is 0 Å². The van der Waals surface area contributed by atoms with E-state index in [1.807, 2.05) is 0 Å². The molecule has 1 heterocycles. The first-order valence-corrected chi connectivity index (χ1v) is 5.74. The average molecular weight is 290 g/mol. The van der Waals surface area contributed by atoms with Gasteiger partial charge in [0.15, 0.2) is 11.9 Å². The number of hydrogen-bond donors (Lipinski definition) is 0. The van der Waals surface area contributed by atoms with E-state index in [0.29, 0.717) is 10.5 Å². The van der Waals surface area contributed by atoms with Crippen LogP contribution in [0.5, 0.6) is 11.5 Å². The summed E-state index contributed by atoms with van der Waals surface area (Å²) in [5, 5.41) is 21.9. The van der Waals surface area contributed by atoms with Crippen LogP contribution in [0.4, 0.5) is 5.69 Å². The molecule has 0 amide bonds. The number of ether oxygens (including phenoxy) is 2. The zero-order chi connectivity index (χ0) is 15.4. The van der Waals surface area contributed by atoms with Gasteiger partial charge < -0.3 is 14.7 Å². The van der Waals surface area contributed by atoms with Gasteiger partial charge in [-0.1, -0.05) is 0 Å². The maximum atomic E-state index is 11.4. The maximum Gasteiger partial charge on any atom is 0.344 e. The molecular formula is C13H10N2O6. The van der Waals surface area contributed by atoms with E-state index in [-0.39, 0.29) is 17.0 Å². The van der Waals surface area contributed by atoms with E-state index in [4.69, 9.17) is 4.74 Å². The fourth-order valence-corrected chi connectivity index (χ4v) is 1.58. The Labute approximate surface area is 118 Å². The van der Waals surface area contributed by atoms with Gasteiger partial charge in [0.05, 0.1) is 12.0 Å². The molecule has 1 aromatic carbocycles. The minimum atomic E-state index is -0.672. The lowest BCUT2D eigenvalue weighted by Gasteiger charge is -2.06. The Morgan fingerprint density at radius 1 is 1.19 bits per heavy atom. The van der Waals surface area contributed by atoms with Crippen molar-refractivity contribution in [2.24, 2.45) is 0 Å². The lowest BCUT2D eigenvalue weighted by atomic mass is 10.2. The van der Waals surface area contributed by atoms with Crippen LogP contribution in [0.1, 0.15) is 10.4 Å². The first-order valence-electron chi connectivity index (χ1n) is 5.74. The van der Waals surface area contributed by atoms with Gasteiger partial charge in [-0.05, 0) is 12.1 Å². The Morgan fingerprint density at radius 3 is 2.43 bits per heavy atom. The molecule has 0 aliphatic rings. The average Bonchev–Trinajstić information content (AvgIpc) is 2.46. The van der Waals surface area contributed by atoms with Crippen LogP contribution in [0.15, 0.2) is 42.7 Å². The molecule has 0 saturated carbocycles. The first-order chi connectivity index (χ1) is 9.99. The van der Waals surface area contributed by atoms with Crippen LogP contribution in [0.3, 0.4) is 0 Å². The minimum Gasteiger partial charge on any atom is -0.619 e. The Morgan fingerprint density at radius 2 is 1.86 bits per heavy atom. The highest BCUT2D eigenvalue weighted by Gasteiger charge is 2.13. The Kier molecular flexibility index (Phi) is 3.98. The molecule has 0 aliphatic heterocycles. The molecule has 0 fully saturated rings. The molecule has 21 heavy (non-hydrogen) atoms. The van der Waals surface area contributed by atoms with Crippen molar-refractivity contribution >= 4 is 11.7 Å². The van der Waals surface area contributed by atoms with Crippen LogP contribution >= 0.6 is 0 Å². The van der Waals surface area contributed by atoms with Crippen LogP contribution in [0, 0.1) is 15.3 Å². The van der Waals surface area contributed by atoms with Crippen molar-refractivity contribution in [3.8, 4) is 11.5 Å². The van der Waals surface area contributed by atoms with Crippen molar-refractivity contribution in [1.82, 2.24) is 0 Å². The quantitative estimate of drug-likeness (QED) is 0.279. The predicted molar refractivity (Wildman–Crippen MR) is 69.9 cm³/mol. The zero-order valence-electron chi connectivity index (χ0n) is 10.9. The van der Waals surface area contributed by atoms with Gasteiger partial charge in [-0.15, -0.1) is 0 Å². The van der Waals surface area contributed by atoms with Gasteiger partial charge in [0.1, 0.15) is 11.3 Å². The van der Waals surface area contributed by atoms with E-state index in [0.717, 1.165) is 12.4 Å². The summed E-state index contributed by atoms with van der Waals surface area (Å²) in [4.78, 5) is 21.4. The number of methoxy groups -OCH3 is 1. The number of benzene rings is 1. The predicted octanol–water partition coefficient (Wildman–Crippen LogP) is 1.81. The van der Waals surface area contributed by atoms with Crippen LogP contribution in [0.2, 0.25) is 0 Å². The smallest absolute Gasteiger partial charge is 0.344 e. The molecule has 1 aromatic heterocycles. The van der Waals surface area contributed by atoms with Crippen molar-refractivity contribution in [2.45, 2.75) is 0 Å². The third-order valence-corrected chi connectivity index (χ3v) is 2.52. The molecule has 8 heteroatoms. The number of aromatic nitrogens is 1. The summed E-state index contributed by atoms with van der Waals surface area (Å²) in [6, 6.07) is 6.65. The van der Waals surface area contributed by atoms with Crippen molar-refractivity contribution in [3.63, 3.8) is 0 Å². The standard InChI is InChI=1S/C13H10N2O6/c1-20-13(16)9-6-12(8-14(17)7-9)21-11-4-2-10(3-5-11)15(18)19/h2-8H,1H3. The number of esters is 1. The third kappa shape index (κ3) is 3.44. The molecule has 8 nitrogen and oxygen atoms in total. The fraction of sp³-hybridized carbons (Fsp3) is 0.0769. The molecule has 2 rings (SSSR count). The van der Waals surface area contributed by atoms with Gasteiger partial charge in [-0.2, -0.15) is 4.73 Å². The fourth-order valence-electron chi connectivity index (χ4n) is 1.58. The van der Waals surface area contributed by atoms with Gasteiger partial charge >= 0.3 is 5.97 Å². The first kappa shape index (κ1) is 14.3. The molecule has 0 bridgehead atoms. The summed E-state index contributed by atoms with van der Waals surface area (Å²) in [5.74, 6) is -0.266. The highest BCUT2D eigenvalue weighted by molar-refractivity contribution is 5.89. The SMILES string of the molecule is COC(=O)c1cc(Oc2ccc([N+](=O)[O-])cc2)c[n+]([O-])c1. The molecule has 0 unspecified atom stereocenters. The number of carbonyl (C=O) groups is 1. The van der Waals surface area contributed by atoms with Crippen molar-refractivity contribution < 1.29 is 23.9 Å². The number of hydrogen-bond acceptors (Lipinski definition) is 6. The molecule has 0 spiro atoms. The second-order valence-corrected chi connectivity index (χ2v) is 3.96. The van der Waals surface area contributed by atoms with Gasteiger partial charge in [-0.3, -0.25) is 10.1 Å². The van der Waals surface area contributed by atoms with Gasteiger partial charge in [0.2, 0.25) is 6.20 Å². The Balaban J connectivity index is 2.24. The summed E-state index contributed by atoms with van der Waals surface area (Å²) in [6.45, 7) is 0. The number of pyridine rings is 1.